The molecule has 0 bridgehead atoms. The van der Waals surface area contributed by atoms with E-state index in [0.29, 0.717) is 6.04 Å². The first kappa shape index (κ1) is 15.0. The summed E-state index contributed by atoms with van der Waals surface area (Å²) in [7, 11) is 1.69. The van der Waals surface area contributed by atoms with E-state index in [1.165, 1.54) is 0 Å². The van der Waals surface area contributed by atoms with Crippen LogP contribution in [0, 0.1) is 0 Å². The lowest BCUT2D eigenvalue weighted by Gasteiger charge is -2.05. The predicted molar refractivity (Wildman–Crippen MR) is 72.4 cm³/mol. The Labute approximate surface area is 104 Å². The van der Waals surface area contributed by atoms with Crippen LogP contribution in [0.25, 0.3) is 6.08 Å². The number of rotatable bonds is 5. The molecule has 0 fully saturated rings. The molecule has 0 saturated heterocycles. The topological polar surface area (TPSA) is 21.3 Å². The van der Waals surface area contributed by atoms with E-state index in [0.717, 1.165) is 17.9 Å². The van der Waals surface area contributed by atoms with E-state index < -0.39 is 0 Å². The molecule has 0 atom stereocenters. The van der Waals surface area contributed by atoms with E-state index in [1.54, 1.807) is 7.11 Å². The third-order valence-corrected chi connectivity index (χ3v) is 2.08. The number of nitrogens with one attached hydrogen (secondary N) is 1. The molecule has 1 N–H and O–H groups in total. The monoisotopic (exact) mass is 241 g/mol. The van der Waals surface area contributed by atoms with Crippen molar-refractivity contribution in [1.29, 1.82) is 0 Å². The first-order chi connectivity index (χ1) is 7.24. The van der Waals surface area contributed by atoms with Gasteiger partial charge in [-0.25, -0.2) is 0 Å². The van der Waals surface area contributed by atoms with Crippen molar-refractivity contribution in [3.05, 3.63) is 35.9 Å². The summed E-state index contributed by atoms with van der Waals surface area (Å²) in [6.45, 7) is 5.16. The van der Waals surface area contributed by atoms with Crippen LogP contribution in [0.1, 0.15) is 19.4 Å². The van der Waals surface area contributed by atoms with Crippen molar-refractivity contribution in [1.82, 2.24) is 5.32 Å². The zero-order chi connectivity index (χ0) is 11.1. The van der Waals surface area contributed by atoms with Gasteiger partial charge < -0.3 is 10.1 Å². The minimum Gasteiger partial charge on any atom is -0.496 e. The van der Waals surface area contributed by atoms with Gasteiger partial charge in [-0.2, -0.15) is 0 Å². The largest absolute Gasteiger partial charge is 0.496 e. The van der Waals surface area contributed by atoms with Crippen LogP contribution >= 0.6 is 12.4 Å². The van der Waals surface area contributed by atoms with Crippen molar-refractivity contribution in [3.8, 4) is 5.75 Å². The van der Waals surface area contributed by atoms with Crippen molar-refractivity contribution >= 4 is 18.5 Å². The maximum atomic E-state index is 5.25. The summed E-state index contributed by atoms with van der Waals surface area (Å²) in [5.41, 5.74) is 1.12. The molecule has 0 aliphatic rings. The molecular weight excluding hydrogens is 222 g/mol. The molecule has 16 heavy (non-hydrogen) atoms. The molecule has 1 rings (SSSR count). The van der Waals surface area contributed by atoms with E-state index in [1.807, 2.05) is 24.3 Å². The standard InChI is InChI=1S/C13H19NO.ClH/c1-11(2)14-10-6-8-12-7-4-5-9-13(12)15-3;/h4-9,11,14H,10H2,1-3H3;1H/b8-6+;. The number of benzene rings is 1. The van der Waals surface area contributed by atoms with Crippen LogP contribution in [0.4, 0.5) is 0 Å². The summed E-state index contributed by atoms with van der Waals surface area (Å²) in [5, 5.41) is 3.33. The van der Waals surface area contributed by atoms with Crippen LogP contribution in [0.3, 0.4) is 0 Å². The van der Waals surface area contributed by atoms with E-state index >= 15 is 0 Å². The highest BCUT2D eigenvalue weighted by Gasteiger charge is 1.95. The lowest BCUT2D eigenvalue weighted by molar-refractivity contribution is 0.414. The molecular formula is C13H20ClNO. The lowest BCUT2D eigenvalue weighted by Crippen LogP contribution is -2.22. The van der Waals surface area contributed by atoms with Crippen molar-refractivity contribution in [2.75, 3.05) is 13.7 Å². The molecule has 0 aromatic heterocycles. The quantitative estimate of drug-likeness (QED) is 0.855. The van der Waals surface area contributed by atoms with E-state index in [4.69, 9.17) is 4.74 Å². The molecule has 0 amide bonds. The second kappa shape index (κ2) is 8.20. The van der Waals surface area contributed by atoms with Crippen LogP contribution in [0.2, 0.25) is 0 Å². The number of methoxy groups -OCH3 is 1. The fourth-order valence-corrected chi connectivity index (χ4v) is 1.29. The van der Waals surface area contributed by atoms with Crippen molar-refractivity contribution in [3.63, 3.8) is 0 Å². The molecule has 2 nitrogen and oxygen atoms in total. The maximum Gasteiger partial charge on any atom is 0.126 e. The van der Waals surface area contributed by atoms with Gasteiger partial charge in [-0.15, -0.1) is 12.4 Å². The minimum atomic E-state index is 0. The Morgan fingerprint density at radius 2 is 2.00 bits per heavy atom. The Hall–Kier alpha value is -0.990. The summed E-state index contributed by atoms with van der Waals surface area (Å²) in [6, 6.07) is 8.52. The SMILES string of the molecule is COc1ccccc1/C=C/CNC(C)C.Cl. The molecule has 0 unspecified atom stereocenters. The number of hydrogen-bond acceptors (Lipinski definition) is 2. The average molecular weight is 242 g/mol. The van der Waals surface area contributed by atoms with Gasteiger partial charge in [0.05, 0.1) is 7.11 Å². The van der Waals surface area contributed by atoms with Crippen LogP contribution < -0.4 is 10.1 Å². The van der Waals surface area contributed by atoms with Crippen LogP contribution in [0.5, 0.6) is 5.75 Å². The van der Waals surface area contributed by atoms with E-state index in [9.17, 15) is 0 Å². The van der Waals surface area contributed by atoms with Gasteiger partial charge in [0, 0.05) is 18.2 Å². The van der Waals surface area contributed by atoms with Crippen LogP contribution in [0.15, 0.2) is 30.3 Å². The highest BCUT2D eigenvalue weighted by Crippen LogP contribution is 2.18. The minimum absolute atomic E-state index is 0. The first-order valence-electron chi connectivity index (χ1n) is 5.27. The van der Waals surface area contributed by atoms with Gasteiger partial charge in [-0.05, 0) is 6.07 Å². The molecule has 0 spiro atoms. The van der Waals surface area contributed by atoms with Crippen molar-refractivity contribution in [2.45, 2.75) is 19.9 Å². The van der Waals surface area contributed by atoms with Gasteiger partial charge in [0.1, 0.15) is 5.75 Å². The normalized spacial score (nSPS) is 10.5. The zero-order valence-corrected chi connectivity index (χ0v) is 10.9. The second-order valence-corrected chi connectivity index (χ2v) is 3.71. The number of hydrogen-bond donors (Lipinski definition) is 1. The van der Waals surface area contributed by atoms with Gasteiger partial charge in [0.25, 0.3) is 0 Å². The van der Waals surface area contributed by atoms with Gasteiger partial charge in [-0.3, -0.25) is 0 Å². The summed E-state index contributed by atoms with van der Waals surface area (Å²) in [6.07, 6.45) is 4.19. The van der Waals surface area contributed by atoms with Crippen molar-refractivity contribution in [2.24, 2.45) is 0 Å². The Balaban J connectivity index is 0.00000225. The average Bonchev–Trinajstić information content (AvgIpc) is 2.24. The maximum absolute atomic E-state index is 5.25. The van der Waals surface area contributed by atoms with Gasteiger partial charge in [0.2, 0.25) is 0 Å². The molecule has 0 saturated carbocycles. The summed E-state index contributed by atoms with van der Waals surface area (Å²) in [4.78, 5) is 0. The molecule has 1 aromatic rings. The lowest BCUT2D eigenvalue weighted by atomic mass is 10.2. The van der Waals surface area contributed by atoms with Crippen LogP contribution in [-0.2, 0) is 0 Å². The Morgan fingerprint density at radius 3 is 2.62 bits per heavy atom. The first-order valence-corrected chi connectivity index (χ1v) is 5.27. The third-order valence-electron chi connectivity index (χ3n) is 2.08. The fourth-order valence-electron chi connectivity index (χ4n) is 1.29. The molecule has 0 radical (unpaired) electrons. The third kappa shape index (κ3) is 5.19. The van der Waals surface area contributed by atoms with E-state index in [2.05, 4.69) is 31.3 Å². The summed E-state index contributed by atoms with van der Waals surface area (Å²) in [5.74, 6) is 0.915. The number of para-hydroxylation sites is 1. The fraction of sp³-hybridized carbons (Fsp3) is 0.385. The molecule has 90 valence electrons. The molecule has 0 aliphatic carbocycles. The predicted octanol–water partition coefficient (Wildman–Crippen LogP) is 3.13. The summed E-state index contributed by atoms with van der Waals surface area (Å²) >= 11 is 0. The Bertz CT molecular complexity index is 323. The highest BCUT2D eigenvalue weighted by molar-refractivity contribution is 5.85. The van der Waals surface area contributed by atoms with Crippen molar-refractivity contribution < 1.29 is 4.74 Å². The van der Waals surface area contributed by atoms with Gasteiger partial charge in [0.15, 0.2) is 0 Å². The molecule has 1 aromatic carbocycles. The smallest absolute Gasteiger partial charge is 0.126 e. The Morgan fingerprint density at radius 1 is 1.31 bits per heavy atom. The molecule has 3 heteroatoms. The second-order valence-electron chi connectivity index (χ2n) is 3.71. The van der Waals surface area contributed by atoms with Gasteiger partial charge >= 0.3 is 0 Å². The Kier molecular flexibility index (Phi) is 7.69. The molecule has 0 aliphatic heterocycles. The number of halogens is 1. The van der Waals surface area contributed by atoms with E-state index in [-0.39, 0.29) is 12.4 Å². The van der Waals surface area contributed by atoms with Crippen LogP contribution in [-0.4, -0.2) is 19.7 Å². The molecule has 0 heterocycles. The summed E-state index contributed by atoms with van der Waals surface area (Å²) < 4.78 is 5.25. The van der Waals surface area contributed by atoms with Gasteiger partial charge in [-0.1, -0.05) is 44.2 Å². The number of ether oxygens (including phenoxy) is 1. The highest BCUT2D eigenvalue weighted by atomic mass is 35.5. The zero-order valence-electron chi connectivity index (χ0n) is 10.1.